The molecular weight excluding hydrogens is 435 g/mol. The number of rotatable bonds is 7. The van der Waals surface area contributed by atoms with E-state index in [2.05, 4.69) is 15.3 Å². The summed E-state index contributed by atoms with van der Waals surface area (Å²) in [5.74, 6) is -2.19. The number of carboxylic acids is 1. The van der Waals surface area contributed by atoms with Crippen LogP contribution in [0.2, 0.25) is 0 Å². The molecule has 4 N–H and O–H groups in total. The highest BCUT2D eigenvalue weighted by Gasteiger charge is 2.32. The lowest BCUT2D eigenvalue weighted by molar-refractivity contribution is -0.137. The van der Waals surface area contributed by atoms with Gasteiger partial charge in [0.2, 0.25) is 5.95 Å². The third kappa shape index (κ3) is 6.32. The number of thioether (sulfide) groups is 1. The molecule has 1 aromatic carbocycles. The summed E-state index contributed by atoms with van der Waals surface area (Å²) >= 11 is 1.15. The minimum absolute atomic E-state index is 0. The van der Waals surface area contributed by atoms with Crippen molar-refractivity contribution in [2.24, 2.45) is 0 Å². The van der Waals surface area contributed by atoms with Crippen molar-refractivity contribution >= 4 is 35.3 Å². The number of aromatic nitrogens is 2. The molecule has 0 aliphatic rings. The summed E-state index contributed by atoms with van der Waals surface area (Å²) in [5, 5.41) is 21.4. The predicted molar refractivity (Wildman–Crippen MR) is 110 cm³/mol. The molecule has 0 aliphatic heterocycles. The van der Waals surface area contributed by atoms with E-state index in [-0.39, 0.29) is 30.3 Å². The van der Waals surface area contributed by atoms with E-state index in [1.54, 1.807) is 6.26 Å². The van der Waals surface area contributed by atoms with Gasteiger partial charge in [0.05, 0.1) is 17.2 Å². The maximum Gasteiger partial charge on any atom is 0.416 e. The summed E-state index contributed by atoms with van der Waals surface area (Å²) in [4.78, 5) is 31.5. The summed E-state index contributed by atoms with van der Waals surface area (Å²) in [6, 6.07) is 3.20. The van der Waals surface area contributed by atoms with Gasteiger partial charge < -0.3 is 16.2 Å². The van der Waals surface area contributed by atoms with E-state index in [9.17, 15) is 28.0 Å². The molecule has 0 radical (unpaired) electrons. The molecule has 0 amide bonds. The third-order valence-electron chi connectivity index (χ3n) is 3.98. The number of hydrogen-bond donors (Lipinski definition) is 3. The van der Waals surface area contributed by atoms with Crippen LogP contribution < -0.4 is 11.1 Å². The molecule has 0 aliphatic carbocycles. The minimum Gasteiger partial charge on any atom is -0.478 e. The number of benzene rings is 1. The molecule has 31 heavy (non-hydrogen) atoms. The molecule has 8 nitrogen and oxygen atoms in total. The molecule has 0 spiro atoms. The van der Waals surface area contributed by atoms with Crippen molar-refractivity contribution in [2.45, 2.75) is 38.0 Å². The van der Waals surface area contributed by atoms with Gasteiger partial charge in [0.1, 0.15) is 16.7 Å². The van der Waals surface area contributed by atoms with E-state index >= 15 is 0 Å². The fraction of sp³-hybridized carbons (Fsp3) is 0.316. The first-order valence-corrected chi connectivity index (χ1v) is 9.54. The Balaban J connectivity index is 0.00000480. The largest absolute Gasteiger partial charge is 0.478 e. The Morgan fingerprint density at radius 3 is 2.48 bits per heavy atom. The van der Waals surface area contributed by atoms with Crippen LogP contribution in [0.5, 0.6) is 0 Å². The first kappa shape index (κ1) is 25.7. The number of nitriles is 1. The Bertz CT molecular complexity index is 1040. The van der Waals surface area contributed by atoms with Gasteiger partial charge >= 0.3 is 12.1 Å². The zero-order valence-corrected chi connectivity index (χ0v) is 16.6. The molecule has 1 atom stereocenters. The number of nitrogen functional groups attached to an aromatic ring is 1. The molecule has 0 fully saturated rings. The summed E-state index contributed by atoms with van der Waals surface area (Å²) < 4.78 is 39.1. The van der Waals surface area contributed by atoms with Crippen molar-refractivity contribution < 1.29 is 27.9 Å². The van der Waals surface area contributed by atoms with Crippen LogP contribution in [0.3, 0.4) is 0 Å². The first-order valence-electron chi connectivity index (χ1n) is 8.31. The maximum atomic E-state index is 13.0. The number of aromatic carboxylic acids is 1. The van der Waals surface area contributed by atoms with Crippen molar-refractivity contribution in [1.29, 1.82) is 5.26 Å². The van der Waals surface area contributed by atoms with Gasteiger partial charge in [-0.15, -0.1) is 11.8 Å². The number of nitrogens with zero attached hydrogens (tertiary/aromatic N) is 3. The van der Waals surface area contributed by atoms with Gasteiger partial charge in [-0.25, -0.2) is 9.78 Å². The smallest absolute Gasteiger partial charge is 0.416 e. The van der Waals surface area contributed by atoms with Crippen molar-refractivity contribution in [3.63, 3.8) is 0 Å². The Morgan fingerprint density at radius 1 is 1.32 bits per heavy atom. The van der Waals surface area contributed by atoms with Gasteiger partial charge in [-0.3, -0.25) is 4.79 Å². The van der Waals surface area contributed by atoms with Crippen LogP contribution in [0.15, 0.2) is 23.2 Å². The molecule has 166 valence electrons. The Kier molecular flexibility index (Phi) is 8.39. The highest BCUT2D eigenvalue weighted by molar-refractivity contribution is 7.98. The lowest BCUT2D eigenvalue weighted by Crippen LogP contribution is -2.29. The molecule has 0 bridgehead atoms. The maximum absolute atomic E-state index is 13.0. The number of halogens is 3. The van der Waals surface area contributed by atoms with Crippen LogP contribution in [-0.2, 0) is 17.4 Å². The van der Waals surface area contributed by atoms with E-state index in [0.717, 1.165) is 23.9 Å². The van der Waals surface area contributed by atoms with Gasteiger partial charge in [0, 0.05) is 6.42 Å². The Labute approximate surface area is 180 Å². The number of carbonyl (C=O) groups excluding carboxylic acids is 1. The highest BCUT2D eigenvalue weighted by atomic mass is 32.2. The molecular formula is C19H20F3N5O3S. The number of nitrogens with two attached hydrogens (primary N) is 1. The van der Waals surface area contributed by atoms with Gasteiger partial charge in [-0.2, -0.15) is 23.4 Å². The number of ketones is 1. The number of alkyl halides is 3. The van der Waals surface area contributed by atoms with Crippen LogP contribution in [0.25, 0.3) is 0 Å². The normalized spacial score (nSPS) is 11.7. The second-order valence-corrected chi connectivity index (χ2v) is 6.95. The van der Waals surface area contributed by atoms with Crippen LogP contribution in [0.4, 0.5) is 24.9 Å². The number of carboxylic acid groups (broad SMARTS) is 1. The zero-order valence-electron chi connectivity index (χ0n) is 15.7. The molecule has 0 unspecified atom stereocenters. The van der Waals surface area contributed by atoms with Crippen molar-refractivity contribution in [3.8, 4) is 6.07 Å². The summed E-state index contributed by atoms with van der Waals surface area (Å²) in [5.41, 5.74) is 3.84. The van der Waals surface area contributed by atoms with Crippen LogP contribution in [0, 0.1) is 11.3 Å². The quantitative estimate of drug-likeness (QED) is 0.421. The Morgan fingerprint density at radius 2 is 1.97 bits per heavy atom. The zero-order chi connectivity index (χ0) is 22.6. The SMILES string of the molecule is C.CSc1nc(N)nc(N[C@@H](C)C(=O)Cc2cc(C(=O)O)cc(C(F)(F)F)c2)c1C#N. The molecule has 12 heteroatoms. The van der Waals surface area contributed by atoms with Gasteiger partial charge in [-0.05, 0) is 36.9 Å². The molecule has 1 aromatic heterocycles. The molecule has 2 rings (SSSR count). The second kappa shape index (κ2) is 10.1. The highest BCUT2D eigenvalue weighted by Crippen LogP contribution is 2.31. The van der Waals surface area contributed by atoms with E-state index in [1.165, 1.54) is 6.92 Å². The monoisotopic (exact) mass is 455 g/mol. The average molecular weight is 455 g/mol. The lowest BCUT2D eigenvalue weighted by Gasteiger charge is -2.16. The molecule has 1 heterocycles. The lowest BCUT2D eigenvalue weighted by atomic mass is 9.99. The van der Waals surface area contributed by atoms with Crippen molar-refractivity contribution in [3.05, 3.63) is 40.5 Å². The fourth-order valence-corrected chi connectivity index (χ4v) is 3.06. The van der Waals surface area contributed by atoms with Gasteiger partial charge in [-0.1, -0.05) is 7.43 Å². The van der Waals surface area contributed by atoms with Gasteiger partial charge in [0.25, 0.3) is 0 Å². The summed E-state index contributed by atoms with van der Waals surface area (Å²) in [7, 11) is 0. The predicted octanol–water partition coefficient (Wildman–Crippen LogP) is 3.62. The van der Waals surface area contributed by atoms with Crippen LogP contribution in [0.1, 0.15) is 41.4 Å². The van der Waals surface area contributed by atoms with E-state index in [1.807, 2.05) is 6.07 Å². The average Bonchev–Trinajstić information content (AvgIpc) is 2.66. The van der Waals surface area contributed by atoms with E-state index < -0.39 is 41.5 Å². The number of anilines is 2. The second-order valence-electron chi connectivity index (χ2n) is 6.16. The van der Waals surface area contributed by atoms with E-state index in [0.29, 0.717) is 11.1 Å². The third-order valence-corrected chi connectivity index (χ3v) is 4.66. The molecule has 2 aromatic rings. The molecule has 0 saturated heterocycles. The number of Topliss-reactive ketones (excluding diaryl/α,β-unsaturated/α-hetero) is 1. The standard InChI is InChI=1S/C18H16F3N5O3S.CH4/c1-8(24-14-12(7-22)15(30-2)26-17(23)25-14)13(27)5-9-3-10(16(28)29)6-11(4-9)18(19,20)21;/h3-4,6,8H,5H2,1-2H3,(H,28,29)(H3,23,24,25,26);1H4/t8-;/m0./s1. The van der Waals surface area contributed by atoms with Gasteiger partial charge in [0.15, 0.2) is 11.6 Å². The number of hydrogen-bond acceptors (Lipinski definition) is 8. The Hall–Kier alpha value is -3.33. The van der Waals surface area contributed by atoms with E-state index in [4.69, 9.17) is 10.8 Å². The number of carbonyl (C=O) groups is 2. The van der Waals surface area contributed by atoms with Crippen molar-refractivity contribution in [1.82, 2.24) is 9.97 Å². The fourth-order valence-electron chi connectivity index (χ4n) is 2.53. The first-order chi connectivity index (χ1) is 14.0. The summed E-state index contributed by atoms with van der Waals surface area (Å²) in [6.45, 7) is 1.44. The topological polar surface area (TPSA) is 142 Å². The summed E-state index contributed by atoms with van der Waals surface area (Å²) in [6.07, 6.45) is -3.55. The van der Waals surface area contributed by atoms with Crippen LogP contribution in [-0.4, -0.2) is 39.1 Å². The van der Waals surface area contributed by atoms with Crippen LogP contribution >= 0.6 is 11.8 Å². The molecule has 0 saturated carbocycles. The minimum atomic E-state index is -4.76. The number of nitrogens with one attached hydrogen (secondary N) is 1. The van der Waals surface area contributed by atoms with Crippen molar-refractivity contribution in [2.75, 3.05) is 17.3 Å².